The van der Waals surface area contributed by atoms with Crippen LogP contribution in [0.5, 0.6) is 0 Å². The van der Waals surface area contributed by atoms with Crippen LogP contribution < -0.4 is 4.72 Å². The Morgan fingerprint density at radius 2 is 2.00 bits per heavy atom. The fourth-order valence-electron chi connectivity index (χ4n) is 1.94. The molecule has 1 aromatic carbocycles. The first-order valence-corrected chi connectivity index (χ1v) is 8.93. The molecule has 0 heterocycles. The average molecular weight is 372 g/mol. The quantitative estimate of drug-likeness (QED) is 0.549. The van der Waals surface area contributed by atoms with Crippen molar-refractivity contribution in [1.82, 2.24) is 9.62 Å². The van der Waals surface area contributed by atoms with Crippen LogP contribution in [0.1, 0.15) is 24.2 Å². The van der Waals surface area contributed by atoms with E-state index >= 15 is 0 Å². The van der Waals surface area contributed by atoms with Crippen molar-refractivity contribution in [3.63, 3.8) is 0 Å². The number of hydrogen-bond acceptors (Lipinski definition) is 5. The minimum Gasteiger partial charge on any atom is -0.452 e. The second-order valence-corrected chi connectivity index (χ2v) is 7.18. The topological polar surface area (TPSA) is 92.8 Å². The van der Waals surface area contributed by atoms with Crippen LogP contribution in [0.4, 0.5) is 4.39 Å². The molecule has 0 unspecified atom stereocenters. The van der Waals surface area contributed by atoms with E-state index in [9.17, 15) is 22.4 Å². The minimum atomic E-state index is -3.84. The first-order chi connectivity index (χ1) is 11.6. The lowest BCUT2D eigenvalue weighted by molar-refractivity contribution is -0.133. The molecule has 9 heteroatoms. The van der Waals surface area contributed by atoms with Crippen molar-refractivity contribution in [3.05, 3.63) is 41.7 Å². The predicted octanol–water partition coefficient (Wildman–Crippen LogP) is 1.32. The van der Waals surface area contributed by atoms with Crippen molar-refractivity contribution in [2.75, 3.05) is 26.7 Å². The van der Waals surface area contributed by atoms with Gasteiger partial charge in [0.15, 0.2) is 6.61 Å². The van der Waals surface area contributed by atoms with Gasteiger partial charge in [0.25, 0.3) is 5.91 Å². The number of hydrogen-bond donors (Lipinski definition) is 1. The van der Waals surface area contributed by atoms with E-state index in [1.807, 2.05) is 0 Å². The molecule has 0 atom stereocenters. The molecule has 0 aromatic heterocycles. The largest absolute Gasteiger partial charge is 0.452 e. The summed E-state index contributed by atoms with van der Waals surface area (Å²) in [5.41, 5.74) is 0.199. The number of esters is 1. The van der Waals surface area contributed by atoms with Gasteiger partial charge in [-0.25, -0.2) is 22.3 Å². The molecule has 0 spiro atoms. The molecule has 1 rings (SSSR count). The van der Waals surface area contributed by atoms with Gasteiger partial charge in [-0.1, -0.05) is 12.2 Å². The fourth-order valence-corrected chi connectivity index (χ4v) is 2.70. The molecule has 0 radical (unpaired) electrons. The molecule has 0 fully saturated rings. The van der Waals surface area contributed by atoms with Crippen LogP contribution >= 0.6 is 0 Å². The molecule has 0 aliphatic carbocycles. The van der Waals surface area contributed by atoms with E-state index in [0.29, 0.717) is 13.1 Å². The van der Waals surface area contributed by atoms with Crippen LogP contribution in [-0.4, -0.2) is 51.9 Å². The lowest BCUT2D eigenvalue weighted by atomic mass is 10.2. The summed E-state index contributed by atoms with van der Waals surface area (Å²) in [6.45, 7) is 7.35. The average Bonchev–Trinajstić information content (AvgIpc) is 2.57. The molecule has 0 saturated carbocycles. The number of benzene rings is 1. The second kappa shape index (κ2) is 8.72. The number of carbonyl (C=O) groups is 2. The van der Waals surface area contributed by atoms with Gasteiger partial charge in [0, 0.05) is 13.1 Å². The Hall–Kier alpha value is -2.26. The van der Waals surface area contributed by atoms with Gasteiger partial charge in [-0.15, -0.1) is 0 Å². The normalized spacial score (nSPS) is 11.0. The Balaban J connectivity index is 2.89. The fraction of sp³-hybridized carbons (Fsp3) is 0.375. The van der Waals surface area contributed by atoms with Crippen LogP contribution in [0.15, 0.2) is 35.2 Å². The zero-order valence-corrected chi connectivity index (χ0v) is 15.2. The van der Waals surface area contributed by atoms with E-state index in [2.05, 4.69) is 11.3 Å². The van der Waals surface area contributed by atoms with Gasteiger partial charge in [-0.3, -0.25) is 4.79 Å². The summed E-state index contributed by atoms with van der Waals surface area (Å²) >= 11 is 0. The molecule has 0 saturated heterocycles. The molecule has 25 heavy (non-hydrogen) atoms. The molecule has 138 valence electrons. The third-order valence-corrected chi connectivity index (χ3v) is 4.67. The first kappa shape index (κ1) is 20.8. The number of rotatable bonds is 8. The van der Waals surface area contributed by atoms with Crippen LogP contribution in [0, 0.1) is 5.82 Å². The number of likely N-dealkylation sites (N-methyl/N-ethyl adjacent to an activating group) is 1. The van der Waals surface area contributed by atoms with E-state index in [-0.39, 0.29) is 4.90 Å². The molecule has 1 aromatic rings. The maximum atomic E-state index is 13.8. The van der Waals surface area contributed by atoms with Crippen molar-refractivity contribution in [2.45, 2.75) is 18.7 Å². The highest BCUT2D eigenvalue weighted by Gasteiger charge is 2.21. The summed E-state index contributed by atoms with van der Waals surface area (Å²) in [6, 6.07) is 2.73. The van der Waals surface area contributed by atoms with Crippen LogP contribution in [-0.2, 0) is 19.6 Å². The first-order valence-electron chi connectivity index (χ1n) is 7.44. The SMILES string of the molecule is C=C(C)CN(CC)C(=O)COC(=O)c1cc(S(=O)(=O)NC)ccc1F. The van der Waals surface area contributed by atoms with Crippen molar-refractivity contribution in [2.24, 2.45) is 0 Å². The Morgan fingerprint density at radius 3 is 2.52 bits per heavy atom. The number of ether oxygens (including phenoxy) is 1. The number of amides is 1. The smallest absolute Gasteiger partial charge is 0.341 e. The van der Waals surface area contributed by atoms with Crippen molar-refractivity contribution >= 4 is 21.9 Å². The second-order valence-electron chi connectivity index (χ2n) is 5.29. The van der Waals surface area contributed by atoms with Crippen LogP contribution in [0.3, 0.4) is 0 Å². The van der Waals surface area contributed by atoms with Crippen LogP contribution in [0.25, 0.3) is 0 Å². The highest BCUT2D eigenvalue weighted by molar-refractivity contribution is 7.89. The van der Waals surface area contributed by atoms with Crippen LogP contribution in [0.2, 0.25) is 0 Å². The molecule has 7 nitrogen and oxygen atoms in total. The van der Waals surface area contributed by atoms with Gasteiger partial charge in [0.05, 0.1) is 10.5 Å². The van der Waals surface area contributed by atoms with E-state index in [4.69, 9.17) is 4.74 Å². The molecular formula is C16H21FN2O5S. The third-order valence-electron chi connectivity index (χ3n) is 3.26. The number of halogens is 1. The maximum absolute atomic E-state index is 13.8. The molecule has 0 aliphatic rings. The van der Waals surface area contributed by atoms with Gasteiger partial charge in [0.2, 0.25) is 10.0 Å². The van der Waals surface area contributed by atoms with Gasteiger partial charge < -0.3 is 9.64 Å². The summed E-state index contributed by atoms with van der Waals surface area (Å²) in [7, 11) is -2.65. The molecule has 0 aliphatic heterocycles. The van der Waals surface area contributed by atoms with Gasteiger partial charge in [0.1, 0.15) is 5.82 Å². The highest BCUT2D eigenvalue weighted by atomic mass is 32.2. The Labute approximate surface area is 146 Å². The summed E-state index contributed by atoms with van der Waals surface area (Å²) < 4.78 is 44.2. The molecule has 1 amide bonds. The molecule has 1 N–H and O–H groups in total. The zero-order chi connectivity index (χ0) is 19.2. The summed E-state index contributed by atoms with van der Waals surface area (Å²) in [6.07, 6.45) is 0. The van der Waals surface area contributed by atoms with Gasteiger partial charge >= 0.3 is 5.97 Å². The summed E-state index contributed by atoms with van der Waals surface area (Å²) in [5, 5.41) is 0. The lowest BCUT2D eigenvalue weighted by Gasteiger charge is -2.20. The molecular weight excluding hydrogens is 351 g/mol. The number of nitrogens with one attached hydrogen (secondary N) is 1. The molecule has 0 bridgehead atoms. The third kappa shape index (κ3) is 5.64. The summed E-state index contributed by atoms with van der Waals surface area (Å²) in [4.78, 5) is 25.2. The van der Waals surface area contributed by atoms with E-state index in [1.54, 1.807) is 13.8 Å². The number of sulfonamides is 1. The maximum Gasteiger partial charge on any atom is 0.341 e. The van der Waals surface area contributed by atoms with E-state index < -0.39 is 39.9 Å². The standard InChI is InChI=1S/C16H21FN2O5S/c1-5-19(9-11(2)3)15(20)10-24-16(21)13-8-12(6-7-14(13)17)25(22,23)18-4/h6-8,18H,2,5,9-10H2,1,3-4H3. The number of nitrogens with zero attached hydrogens (tertiary/aromatic N) is 1. The van der Waals surface area contributed by atoms with Crippen molar-refractivity contribution < 1.29 is 27.1 Å². The van der Waals surface area contributed by atoms with Crippen molar-refractivity contribution in [1.29, 1.82) is 0 Å². The predicted molar refractivity (Wildman–Crippen MR) is 90.0 cm³/mol. The summed E-state index contributed by atoms with van der Waals surface area (Å²) in [5.74, 6) is -2.52. The van der Waals surface area contributed by atoms with Gasteiger partial charge in [-0.05, 0) is 39.1 Å². The van der Waals surface area contributed by atoms with Crippen molar-refractivity contribution in [3.8, 4) is 0 Å². The highest BCUT2D eigenvalue weighted by Crippen LogP contribution is 2.16. The van der Waals surface area contributed by atoms with E-state index in [1.165, 1.54) is 11.9 Å². The monoisotopic (exact) mass is 372 g/mol. The zero-order valence-electron chi connectivity index (χ0n) is 14.3. The lowest BCUT2D eigenvalue weighted by Crippen LogP contribution is -2.35. The van der Waals surface area contributed by atoms with Gasteiger partial charge in [-0.2, -0.15) is 0 Å². The number of carbonyl (C=O) groups excluding carboxylic acids is 2. The van der Waals surface area contributed by atoms with E-state index in [0.717, 1.165) is 23.8 Å². The minimum absolute atomic E-state index is 0.285. The Kier molecular flexibility index (Phi) is 7.25. The Morgan fingerprint density at radius 1 is 1.36 bits per heavy atom. The Bertz CT molecular complexity index is 777.